The Bertz CT molecular complexity index is 707. The Hall–Kier alpha value is -2.00. The Morgan fingerprint density at radius 1 is 0.833 bits per heavy atom. The summed E-state index contributed by atoms with van der Waals surface area (Å²) in [6, 6.07) is 18.5. The Morgan fingerprint density at radius 2 is 1.50 bits per heavy atom. The number of nitrogens with zero attached hydrogens (tertiary/aromatic N) is 1. The fourth-order valence-corrected chi connectivity index (χ4v) is 4.51. The summed E-state index contributed by atoms with van der Waals surface area (Å²) in [5.41, 5.74) is 2.60. The minimum atomic E-state index is -0.0167. The molecule has 3 aliphatic rings. The van der Waals surface area contributed by atoms with Crippen LogP contribution in [0.25, 0.3) is 0 Å². The van der Waals surface area contributed by atoms with Gasteiger partial charge < -0.3 is 9.47 Å². The predicted molar refractivity (Wildman–Crippen MR) is 93.3 cm³/mol. The van der Waals surface area contributed by atoms with Gasteiger partial charge in [-0.05, 0) is 48.9 Å². The van der Waals surface area contributed by atoms with Crippen molar-refractivity contribution in [2.45, 2.75) is 50.4 Å². The lowest BCUT2D eigenvalue weighted by Gasteiger charge is -2.27. The Labute approximate surface area is 143 Å². The van der Waals surface area contributed by atoms with Crippen molar-refractivity contribution in [2.24, 2.45) is 0 Å². The van der Waals surface area contributed by atoms with Crippen molar-refractivity contribution in [3.05, 3.63) is 59.7 Å². The molecule has 0 spiro atoms. The first-order chi connectivity index (χ1) is 11.9. The molecule has 3 heteroatoms. The van der Waals surface area contributed by atoms with E-state index in [1.165, 1.54) is 36.8 Å². The number of para-hydroxylation sites is 2. The van der Waals surface area contributed by atoms with Gasteiger partial charge >= 0.3 is 0 Å². The lowest BCUT2D eigenvalue weighted by molar-refractivity contribution is 0.0913. The summed E-state index contributed by atoms with van der Waals surface area (Å²) in [6.07, 6.45) is 5.58. The molecule has 3 nitrogen and oxygen atoms in total. The molecule has 2 aromatic carbocycles. The molecule has 5 rings (SSSR count). The van der Waals surface area contributed by atoms with E-state index in [2.05, 4.69) is 29.2 Å². The van der Waals surface area contributed by atoms with Crippen LogP contribution in [0.1, 0.15) is 42.9 Å². The van der Waals surface area contributed by atoms with E-state index in [9.17, 15) is 0 Å². The molecular weight excluding hydrogens is 298 g/mol. The lowest BCUT2D eigenvalue weighted by Crippen LogP contribution is -2.27. The maximum atomic E-state index is 6.10. The monoisotopic (exact) mass is 321 g/mol. The summed E-state index contributed by atoms with van der Waals surface area (Å²) < 4.78 is 11.9. The molecular formula is C21H23NO2. The third kappa shape index (κ3) is 2.48. The summed E-state index contributed by atoms with van der Waals surface area (Å²) in [4.78, 5) is 2.71. The predicted octanol–water partition coefficient (Wildman–Crippen LogP) is 4.33. The van der Waals surface area contributed by atoms with Crippen LogP contribution in [-0.2, 0) is 6.54 Å². The Balaban J connectivity index is 1.29. The zero-order valence-corrected chi connectivity index (χ0v) is 13.9. The van der Waals surface area contributed by atoms with Crippen LogP contribution in [-0.4, -0.2) is 23.6 Å². The Morgan fingerprint density at radius 3 is 2.21 bits per heavy atom. The van der Waals surface area contributed by atoms with Crippen LogP contribution < -0.4 is 9.47 Å². The van der Waals surface area contributed by atoms with Gasteiger partial charge in [0.2, 0.25) is 0 Å². The van der Waals surface area contributed by atoms with Gasteiger partial charge in [-0.2, -0.15) is 0 Å². The molecule has 1 atom stereocenters. The number of hydrogen-bond acceptors (Lipinski definition) is 3. The first-order valence-electron chi connectivity index (χ1n) is 9.10. The van der Waals surface area contributed by atoms with E-state index >= 15 is 0 Å². The second-order valence-electron chi connectivity index (χ2n) is 7.24. The van der Waals surface area contributed by atoms with Crippen LogP contribution >= 0.6 is 0 Å². The molecule has 0 radical (unpaired) electrons. The van der Waals surface area contributed by atoms with Gasteiger partial charge in [0.15, 0.2) is 17.6 Å². The largest absolute Gasteiger partial charge is 0.485 e. The van der Waals surface area contributed by atoms with Crippen LogP contribution in [0, 0.1) is 0 Å². The maximum absolute atomic E-state index is 6.10. The molecule has 0 aliphatic carbocycles. The molecule has 3 aliphatic heterocycles. The highest BCUT2D eigenvalue weighted by Gasteiger charge is 2.38. The molecule has 2 saturated heterocycles. The summed E-state index contributed by atoms with van der Waals surface area (Å²) in [5, 5.41) is 0. The minimum Gasteiger partial charge on any atom is -0.485 e. The van der Waals surface area contributed by atoms with Gasteiger partial charge in [-0.25, -0.2) is 0 Å². The molecule has 124 valence electrons. The molecule has 2 aromatic rings. The van der Waals surface area contributed by atoms with Crippen molar-refractivity contribution in [3.63, 3.8) is 0 Å². The SMILES string of the molecule is c1ccc2c(c1)OCC(c1ccc(CN3C4CCC3CC4)cc1)O2. The molecule has 0 amide bonds. The highest BCUT2D eigenvalue weighted by molar-refractivity contribution is 5.41. The topological polar surface area (TPSA) is 21.7 Å². The second kappa shape index (κ2) is 5.82. The van der Waals surface area contributed by atoms with Crippen molar-refractivity contribution < 1.29 is 9.47 Å². The van der Waals surface area contributed by atoms with E-state index in [-0.39, 0.29) is 6.10 Å². The smallest absolute Gasteiger partial charge is 0.162 e. The highest BCUT2D eigenvalue weighted by atomic mass is 16.6. The van der Waals surface area contributed by atoms with Gasteiger partial charge in [-0.15, -0.1) is 0 Å². The average Bonchev–Trinajstić information content (AvgIpc) is 3.21. The van der Waals surface area contributed by atoms with Crippen LogP contribution in [0.2, 0.25) is 0 Å². The fraction of sp³-hybridized carbons (Fsp3) is 0.429. The zero-order chi connectivity index (χ0) is 15.9. The molecule has 2 fully saturated rings. The van der Waals surface area contributed by atoms with Crippen LogP contribution in [0.5, 0.6) is 11.5 Å². The summed E-state index contributed by atoms with van der Waals surface area (Å²) in [5.74, 6) is 1.68. The maximum Gasteiger partial charge on any atom is 0.162 e. The van der Waals surface area contributed by atoms with Crippen molar-refractivity contribution in [2.75, 3.05) is 6.61 Å². The first-order valence-corrected chi connectivity index (χ1v) is 9.10. The fourth-order valence-electron chi connectivity index (χ4n) is 4.51. The molecule has 3 heterocycles. The number of fused-ring (bicyclic) bond motifs is 3. The van der Waals surface area contributed by atoms with Gasteiger partial charge in [-0.1, -0.05) is 36.4 Å². The second-order valence-corrected chi connectivity index (χ2v) is 7.24. The van der Waals surface area contributed by atoms with Crippen LogP contribution in [0.3, 0.4) is 0 Å². The quantitative estimate of drug-likeness (QED) is 0.840. The van der Waals surface area contributed by atoms with E-state index in [4.69, 9.17) is 9.47 Å². The van der Waals surface area contributed by atoms with E-state index in [0.29, 0.717) is 6.61 Å². The first kappa shape index (κ1) is 14.4. The van der Waals surface area contributed by atoms with E-state index in [1.807, 2.05) is 24.3 Å². The third-order valence-corrected chi connectivity index (χ3v) is 5.83. The van der Waals surface area contributed by atoms with Crippen molar-refractivity contribution >= 4 is 0 Å². The van der Waals surface area contributed by atoms with E-state index in [0.717, 1.165) is 30.1 Å². The number of hydrogen-bond donors (Lipinski definition) is 0. The van der Waals surface area contributed by atoms with Crippen molar-refractivity contribution in [1.29, 1.82) is 0 Å². The van der Waals surface area contributed by atoms with Crippen molar-refractivity contribution in [1.82, 2.24) is 4.90 Å². The third-order valence-electron chi connectivity index (χ3n) is 5.83. The summed E-state index contributed by atoms with van der Waals surface area (Å²) >= 11 is 0. The lowest BCUT2D eigenvalue weighted by atomic mass is 10.0. The number of rotatable bonds is 3. The minimum absolute atomic E-state index is 0.0167. The van der Waals surface area contributed by atoms with Crippen LogP contribution in [0.4, 0.5) is 0 Å². The number of benzene rings is 2. The van der Waals surface area contributed by atoms with Crippen molar-refractivity contribution in [3.8, 4) is 11.5 Å². The molecule has 24 heavy (non-hydrogen) atoms. The highest BCUT2D eigenvalue weighted by Crippen LogP contribution is 2.39. The molecule has 2 bridgehead atoms. The Kier molecular flexibility index (Phi) is 3.48. The molecule has 0 aromatic heterocycles. The van der Waals surface area contributed by atoms with Gasteiger partial charge in [0, 0.05) is 18.6 Å². The van der Waals surface area contributed by atoms with Gasteiger partial charge in [0.05, 0.1) is 0 Å². The molecule has 1 unspecified atom stereocenters. The van der Waals surface area contributed by atoms with Gasteiger partial charge in [-0.3, -0.25) is 4.90 Å². The summed E-state index contributed by atoms with van der Waals surface area (Å²) in [6.45, 7) is 1.67. The molecule has 0 N–H and O–H groups in total. The van der Waals surface area contributed by atoms with Crippen LogP contribution in [0.15, 0.2) is 48.5 Å². The normalized spacial score (nSPS) is 28.2. The zero-order valence-electron chi connectivity index (χ0n) is 13.9. The number of ether oxygens (including phenoxy) is 2. The van der Waals surface area contributed by atoms with Gasteiger partial charge in [0.25, 0.3) is 0 Å². The van der Waals surface area contributed by atoms with Gasteiger partial charge in [0.1, 0.15) is 6.61 Å². The van der Waals surface area contributed by atoms with E-state index < -0.39 is 0 Å². The average molecular weight is 321 g/mol. The van der Waals surface area contributed by atoms with E-state index in [1.54, 1.807) is 0 Å². The molecule has 0 saturated carbocycles. The standard InChI is InChI=1S/C21H23NO2/c1-2-4-20-19(3-1)23-14-21(24-20)16-7-5-15(6-8-16)13-22-17-9-10-18(22)12-11-17/h1-8,17-18,21H,9-14H2. The summed E-state index contributed by atoms with van der Waals surface area (Å²) in [7, 11) is 0.